The molecule has 1 aromatic rings. The minimum absolute atomic E-state index is 0.0554. The van der Waals surface area contributed by atoms with E-state index in [1.54, 1.807) is 0 Å². The van der Waals surface area contributed by atoms with Crippen molar-refractivity contribution in [3.05, 3.63) is 23.7 Å². The minimum Gasteiger partial charge on any atom is -0.475 e. The quantitative estimate of drug-likeness (QED) is 0.408. The monoisotopic (exact) mass is 245 g/mol. The van der Waals surface area contributed by atoms with Crippen molar-refractivity contribution in [3.63, 3.8) is 0 Å². The Bertz CT molecular complexity index is 362. The summed E-state index contributed by atoms with van der Waals surface area (Å²) in [5, 5.41) is 38.7. The van der Waals surface area contributed by atoms with Crippen molar-refractivity contribution in [2.24, 2.45) is 0 Å². The average molecular weight is 245 g/mol. The fourth-order valence-corrected chi connectivity index (χ4v) is 1.26. The zero-order valence-electron chi connectivity index (χ0n) is 9.09. The van der Waals surface area contributed by atoms with E-state index in [1.807, 2.05) is 0 Å². The van der Waals surface area contributed by atoms with Gasteiger partial charge in [0.15, 0.2) is 0 Å². The third-order valence-electron chi connectivity index (χ3n) is 2.50. The maximum atomic E-state index is 10.7. The smallest absolute Gasteiger partial charge is 0.372 e. The van der Waals surface area contributed by atoms with Gasteiger partial charge < -0.3 is 30.2 Å². The Labute approximate surface area is 97.3 Å². The lowest BCUT2D eigenvalue weighted by molar-refractivity contribution is 0.0412. The zero-order valence-corrected chi connectivity index (χ0v) is 9.09. The van der Waals surface area contributed by atoms with Gasteiger partial charge in [0, 0.05) is 12.1 Å². The molecule has 0 spiro atoms. The summed E-state index contributed by atoms with van der Waals surface area (Å²) < 4.78 is 4.77. The van der Waals surface area contributed by atoms with Crippen LogP contribution in [0.1, 0.15) is 16.1 Å². The second kappa shape index (κ2) is 5.78. The van der Waals surface area contributed by atoms with Crippen LogP contribution in [0.3, 0.4) is 0 Å². The molecule has 0 aliphatic heterocycles. The number of hydrogen-bond donors (Lipinski definition) is 5. The number of nitrogens with one attached hydrogen (secondary N) is 1. The van der Waals surface area contributed by atoms with E-state index in [9.17, 15) is 4.79 Å². The summed E-state index contributed by atoms with van der Waals surface area (Å²) in [5.74, 6) is -1.41. The Kier molecular flexibility index (Phi) is 4.64. The van der Waals surface area contributed by atoms with Gasteiger partial charge in [-0.15, -0.1) is 0 Å². The Morgan fingerprint density at radius 3 is 2.35 bits per heavy atom. The highest BCUT2D eigenvalue weighted by Gasteiger charge is 2.28. The van der Waals surface area contributed by atoms with E-state index in [2.05, 4.69) is 5.32 Å². The van der Waals surface area contributed by atoms with Crippen LogP contribution in [-0.4, -0.2) is 51.8 Å². The molecule has 0 atom stereocenters. The van der Waals surface area contributed by atoms with Crippen LogP contribution in [0, 0.1) is 0 Å². The number of furan rings is 1. The first-order valence-electron chi connectivity index (χ1n) is 4.96. The lowest BCUT2D eigenvalue weighted by atomic mass is 10.0. The van der Waals surface area contributed by atoms with Crippen molar-refractivity contribution in [2.45, 2.75) is 12.1 Å². The molecule has 1 heterocycles. The molecule has 0 aliphatic rings. The molecule has 0 radical (unpaired) electrons. The van der Waals surface area contributed by atoms with Gasteiger partial charge in [0.25, 0.3) is 0 Å². The van der Waals surface area contributed by atoms with Crippen LogP contribution in [-0.2, 0) is 6.54 Å². The van der Waals surface area contributed by atoms with Gasteiger partial charge >= 0.3 is 5.97 Å². The van der Waals surface area contributed by atoms with Crippen LogP contribution >= 0.6 is 0 Å². The molecule has 0 saturated heterocycles. The van der Waals surface area contributed by atoms with Gasteiger partial charge in [-0.1, -0.05) is 0 Å². The molecule has 7 nitrogen and oxygen atoms in total. The van der Waals surface area contributed by atoms with Crippen molar-refractivity contribution >= 4 is 5.97 Å². The number of rotatable bonds is 7. The van der Waals surface area contributed by atoms with Crippen LogP contribution < -0.4 is 5.32 Å². The van der Waals surface area contributed by atoms with Crippen LogP contribution in [0.4, 0.5) is 0 Å². The van der Waals surface area contributed by atoms with Crippen molar-refractivity contribution in [2.75, 3.05) is 19.8 Å². The molecule has 96 valence electrons. The maximum Gasteiger partial charge on any atom is 0.372 e. The topological polar surface area (TPSA) is 123 Å². The molecule has 0 fully saturated rings. The van der Waals surface area contributed by atoms with E-state index in [-0.39, 0.29) is 12.3 Å². The third kappa shape index (κ3) is 3.04. The summed E-state index contributed by atoms with van der Waals surface area (Å²) in [7, 11) is 0. The molecular weight excluding hydrogens is 230 g/mol. The molecule has 0 bridgehead atoms. The number of carboxylic acid groups (broad SMARTS) is 1. The molecule has 0 aliphatic carbocycles. The molecule has 7 heteroatoms. The van der Waals surface area contributed by atoms with Crippen LogP contribution in [0.25, 0.3) is 0 Å². The summed E-state index contributed by atoms with van der Waals surface area (Å²) in [4.78, 5) is 10.7. The van der Waals surface area contributed by atoms with Gasteiger partial charge in [-0.3, -0.25) is 0 Å². The molecule has 17 heavy (non-hydrogen) atoms. The normalized spacial score (nSPS) is 11.7. The molecule has 0 saturated carbocycles. The first kappa shape index (κ1) is 13.7. The summed E-state index contributed by atoms with van der Waals surface area (Å²) in [6.07, 6.45) is 1.24. The van der Waals surface area contributed by atoms with E-state index < -0.39 is 31.3 Å². The summed E-state index contributed by atoms with van der Waals surface area (Å²) in [5.41, 5.74) is -0.871. The lowest BCUT2D eigenvalue weighted by Gasteiger charge is -2.28. The van der Waals surface area contributed by atoms with E-state index in [1.165, 1.54) is 12.3 Å². The number of carboxylic acids is 1. The van der Waals surface area contributed by atoms with Crippen LogP contribution in [0.5, 0.6) is 0 Å². The zero-order chi connectivity index (χ0) is 12.9. The summed E-state index contributed by atoms with van der Waals surface area (Å²) in [6, 6.07) is 1.47. The van der Waals surface area contributed by atoms with Gasteiger partial charge in [-0.25, -0.2) is 4.79 Å². The highest BCUT2D eigenvalue weighted by Crippen LogP contribution is 2.12. The lowest BCUT2D eigenvalue weighted by Crippen LogP contribution is -2.54. The molecule has 0 aromatic carbocycles. The molecule has 0 unspecified atom stereocenters. The fraction of sp³-hybridized carbons (Fsp3) is 0.500. The predicted octanol–water partition coefficient (Wildman–Crippen LogP) is -1.22. The van der Waals surface area contributed by atoms with Gasteiger partial charge in [-0.05, 0) is 6.07 Å². The van der Waals surface area contributed by atoms with Gasteiger partial charge in [0.05, 0.1) is 31.6 Å². The van der Waals surface area contributed by atoms with E-state index >= 15 is 0 Å². The van der Waals surface area contributed by atoms with E-state index in [0.29, 0.717) is 5.56 Å². The number of hydrogen-bond acceptors (Lipinski definition) is 6. The third-order valence-corrected chi connectivity index (χ3v) is 2.50. The number of aromatic carboxylic acids is 1. The van der Waals surface area contributed by atoms with Gasteiger partial charge in [0.1, 0.15) is 0 Å². The van der Waals surface area contributed by atoms with Crippen molar-refractivity contribution in [1.82, 2.24) is 5.32 Å². The Morgan fingerprint density at radius 2 is 1.88 bits per heavy atom. The van der Waals surface area contributed by atoms with Gasteiger partial charge in [0.2, 0.25) is 5.76 Å². The minimum atomic E-state index is -1.24. The van der Waals surface area contributed by atoms with Crippen molar-refractivity contribution in [3.8, 4) is 0 Å². The van der Waals surface area contributed by atoms with Crippen molar-refractivity contribution in [1.29, 1.82) is 0 Å². The van der Waals surface area contributed by atoms with Crippen molar-refractivity contribution < 1.29 is 29.6 Å². The number of carbonyl (C=O) groups is 1. The Hall–Kier alpha value is -1.41. The van der Waals surface area contributed by atoms with E-state index in [0.717, 1.165) is 0 Å². The first-order valence-corrected chi connectivity index (χ1v) is 4.96. The number of aliphatic hydroxyl groups excluding tert-OH is 3. The Morgan fingerprint density at radius 1 is 1.29 bits per heavy atom. The SMILES string of the molecule is O=C(O)c1occc1CNC(CO)(CO)CO. The summed E-state index contributed by atoms with van der Waals surface area (Å²) in [6.45, 7) is -1.36. The predicted molar refractivity (Wildman–Crippen MR) is 56.5 cm³/mol. The second-order valence-corrected chi connectivity index (χ2v) is 3.69. The molecule has 1 aromatic heterocycles. The fourth-order valence-electron chi connectivity index (χ4n) is 1.26. The van der Waals surface area contributed by atoms with Gasteiger partial charge in [-0.2, -0.15) is 0 Å². The highest BCUT2D eigenvalue weighted by atomic mass is 16.4. The molecule has 1 rings (SSSR count). The Balaban J connectivity index is 2.72. The molecular formula is C10H15NO6. The number of aliphatic hydroxyl groups is 3. The first-order chi connectivity index (χ1) is 8.08. The average Bonchev–Trinajstić information content (AvgIpc) is 2.80. The standard InChI is InChI=1S/C10H15NO6/c12-4-10(5-13,6-14)11-3-7-1-2-17-8(7)9(15)16/h1-2,11-14H,3-6H2,(H,15,16). The largest absolute Gasteiger partial charge is 0.475 e. The molecule has 0 amide bonds. The second-order valence-electron chi connectivity index (χ2n) is 3.69. The van der Waals surface area contributed by atoms with Crippen LogP contribution in [0.2, 0.25) is 0 Å². The maximum absolute atomic E-state index is 10.7. The highest BCUT2D eigenvalue weighted by molar-refractivity contribution is 5.86. The molecule has 5 N–H and O–H groups in total. The van der Waals surface area contributed by atoms with E-state index in [4.69, 9.17) is 24.8 Å². The summed E-state index contributed by atoms with van der Waals surface area (Å²) >= 11 is 0. The van der Waals surface area contributed by atoms with Crippen LogP contribution in [0.15, 0.2) is 16.7 Å².